The second-order valence-corrected chi connectivity index (χ2v) is 4.08. The van der Waals surface area contributed by atoms with Gasteiger partial charge in [0.1, 0.15) is 0 Å². The van der Waals surface area contributed by atoms with Crippen LogP contribution in [-0.4, -0.2) is 43.5 Å². The van der Waals surface area contributed by atoms with E-state index in [1.807, 2.05) is 19.0 Å². The van der Waals surface area contributed by atoms with E-state index in [-0.39, 0.29) is 11.9 Å². The predicted octanol–water partition coefficient (Wildman–Crippen LogP) is -0.456. The zero-order valence-corrected chi connectivity index (χ0v) is 8.42. The molecule has 1 saturated carbocycles. The van der Waals surface area contributed by atoms with Crippen LogP contribution in [0.2, 0.25) is 0 Å². The van der Waals surface area contributed by atoms with Crippen LogP contribution >= 0.6 is 0 Å². The number of rotatable bonds is 3. The van der Waals surface area contributed by atoms with Gasteiger partial charge in [0.25, 0.3) is 0 Å². The highest BCUT2D eigenvalue weighted by Gasteiger charge is 2.22. The van der Waals surface area contributed by atoms with Gasteiger partial charge in [0.15, 0.2) is 0 Å². The van der Waals surface area contributed by atoms with Gasteiger partial charge in [0.2, 0.25) is 5.91 Å². The Morgan fingerprint density at radius 2 is 2.23 bits per heavy atom. The standard InChI is InChI=1S/C9H19N3O/c1-12(2)6-9(13)11-8-4-3-7(10)5-8/h7-8H,3-6,10H2,1-2H3,(H,11,13)/t7-,8+/m0/s1. The fraction of sp³-hybridized carbons (Fsp3) is 0.889. The Morgan fingerprint density at radius 1 is 1.54 bits per heavy atom. The minimum Gasteiger partial charge on any atom is -0.352 e. The maximum Gasteiger partial charge on any atom is 0.234 e. The molecule has 13 heavy (non-hydrogen) atoms. The van der Waals surface area contributed by atoms with Crippen LogP contribution in [0.3, 0.4) is 0 Å². The van der Waals surface area contributed by atoms with Gasteiger partial charge in [-0.2, -0.15) is 0 Å². The van der Waals surface area contributed by atoms with Gasteiger partial charge >= 0.3 is 0 Å². The molecule has 0 radical (unpaired) electrons. The molecule has 0 heterocycles. The van der Waals surface area contributed by atoms with Gasteiger partial charge in [-0.15, -0.1) is 0 Å². The van der Waals surface area contributed by atoms with Gasteiger partial charge < -0.3 is 16.0 Å². The number of carbonyl (C=O) groups excluding carboxylic acids is 1. The molecule has 0 aromatic carbocycles. The van der Waals surface area contributed by atoms with E-state index in [1.54, 1.807) is 0 Å². The highest BCUT2D eigenvalue weighted by Crippen LogP contribution is 2.16. The Hall–Kier alpha value is -0.610. The van der Waals surface area contributed by atoms with Crippen molar-refractivity contribution in [1.82, 2.24) is 10.2 Å². The lowest BCUT2D eigenvalue weighted by atomic mass is 10.2. The first kappa shape index (κ1) is 10.5. The van der Waals surface area contributed by atoms with E-state index in [0.717, 1.165) is 19.3 Å². The molecule has 0 aliphatic heterocycles. The van der Waals surface area contributed by atoms with Crippen LogP contribution in [0.5, 0.6) is 0 Å². The quantitative estimate of drug-likeness (QED) is 0.626. The third-order valence-corrected chi connectivity index (χ3v) is 2.30. The lowest BCUT2D eigenvalue weighted by molar-refractivity contribution is -0.122. The topological polar surface area (TPSA) is 58.4 Å². The van der Waals surface area contributed by atoms with E-state index < -0.39 is 0 Å². The summed E-state index contributed by atoms with van der Waals surface area (Å²) in [6.45, 7) is 0.464. The summed E-state index contributed by atoms with van der Waals surface area (Å²) in [6.07, 6.45) is 2.99. The highest BCUT2D eigenvalue weighted by molar-refractivity contribution is 5.78. The summed E-state index contributed by atoms with van der Waals surface area (Å²) in [6, 6.07) is 0.590. The number of hydrogen-bond acceptors (Lipinski definition) is 3. The number of nitrogens with one attached hydrogen (secondary N) is 1. The number of hydrogen-bond donors (Lipinski definition) is 2. The molecule has 0 spiro atoms. The zero-order chi connectivity index (χ0) is 9.84. The SMILES string of the molecule is CN(C)CC(=O)N[C@@H]1CC[C@H](N)C1. The Kier molecular flexibility index (Phi) is 3.69. The predicted molar refractivity (Wildman–Crippen MR) is 52.3 cm³/mol. The molecule has 4 nitrogen and oxygen atoms in total. The van der Waals surface area contributed by atoms with Crippen molar-refractivity contribution in [2.45, 2.75) is 31.3 Å². The summed E-state index contributed by atoms with van der Waals surface area (Å²) in [5.74, 6) is 0.101. The Morgan fingerprint density at radius 3 is 2.69 bits per heavy atom. The van der Waals surface area contributed by atoms with Gasteiger partial charge in [-0.05, 0) is 33.4 Å². The second kappa shape index (κ2) is 4.58. The molecule has 4 heteroatoms. The molecule has 1 fully saturated rings. The van der Waals surface area contributed by atoms with Crippen LogP contribution < -0.4 is 11.1 Å². The van der Waals surface area contributed by atoms with E-state index in [2.05, 4.69) is 5.32 Å². The van der Waals surface area contributed by atoms with E-state index in [9.17, 15) is 4.79 Å². The summed E-state index contributed by atoms with van der Waals surface area (Å²) in [5, 5.41) is 2.98. The van der Waals surface area contributed by atoms with Crippen molar-refractivity contribution >= 4 is 5.91 Å². The Labute approximate surface area is 79.5 Å². The summed E-state index contributed by atoms with van der Waals surface area (Å²) in [4.78, 5) is 13.2. The summed E-state index contributed by atoms with van der Waals surface area (Å²) in [5.41, 5.74) is 5.74. The van der Waals surface area contributed by atoms with Gasteiger partial charge in [-0.25, -0.2) is 0 Å². The second-order valence-electron chi connectivity index (χ2n) is 4.08. The van der Waals surface area contributed by atoms with E-state index in [1.165, 1.54) is 0 Å². The van der Waals surface area contributed by atoms with E-state index >= 15 is 0 Å². The molecule has 0 aromatic heterocycles. The van der Waals surface area contributed by atoms with Crippen molar-refractivity contribution in [2.75, 3.05) is 20.6 Å². The lowest BCUT2D eigenvalue weighted by Crippen LogP contribution is -2.39. The summed E-state index contributed by atoms with van der Waals surface area (Å²) < 4.78 is 0. The minimum atomic E-state index is 0.101. The summed E-state index contributed by atoms with van der Waals surface area (Å²) >= 11 is 0. The molecule has 0 saturated heterocycles. The normalized spacial score (nSPS) is 28.0. The molecule has 3 N–H and O–H groups in total. The smallest absolute Gasteiger partial charge is 0.234 e. The number of nitrogens with two attached hydrogens (primary N) is 1. The molecule has 1 amide bonds. The fourth-order valence-corrected chi connectivity index (χ4v) is 1.71. The molecule has 1 rings (SSSR count). The average Bonchev–Trinajstić information content (AvgIpc) is 2.33. The van der Waals surface area contributed by atoms with Gasteiger partial charge in [0, 0.05) is 12.1 Å². The number of likely N-dealkylation sites (N-methyl/N-ethyl adjacent to an activating group) is 1. The van der Waals surface area contributed by atoms with Gasteiger partial charge in [0.05, 0.1) is 6.54 Å². The van der Waals surface area contributed by atoms with Crippen LogP contribution in [0.1, 0.15) is 19.3 Å². The van der Waals surface area contributed by atoms with Crippen LogP contribution in [0.4, 0.5) is 0 Å². The maximum absolute atomic E-state index is 11.3. The Bertz CT molecular complexity index is 182. The van der Waals surface area contributed by atoms with Crippen molar-refractivity contribution in [3.05, 3.63) is 0 Å². The minimum absolute atomic E-state index is 0.101. The first-order valence-corrected chi connectivity index (χ1v) is 4.77. The largest absolute Gasteiger partial charge is 0.352 e. The molecule has 2 atom stereocenters. The first-order valence-electron chi connectivity index (χ1n) is 4.77. The van der Waals surface area contributed by atoms with Crippen molar-refractivity contribution in [1.29, 1.82) is 0 Å². The molecule has 1 aliphatic rings. The van der Waals surface area contributed by atoms with Gasteiger partial charge in [-0.3, -0.25) is 4.79 Å². The van der Waals surface area contributed by atoms with Crippen molar-refractivity contribution in [3.8, 4) is 0 Å². The van der Waals surface area contributed by atoms with E-state index in [0.29, 0.717) is 12.6 Å². The molecule has 76 valence electrons. The highest BCUT2D eigenvalue weighted by atomic mass is 16.2. The van der Waals surface area contributed by atoms with Crippen molar-refractivity contribution in [2.24, 2.45) is 5.73 Å². The molecular weight excluding hydrogens is 166 g/mol. The third-order valence-electron chi connectivity index (χ3n) is 2.30. The molecule has 0 aromatic rings. The molecule has 0 unspecified atom stereocenters. The van der Waals surface area contributed by atoms with Crippen molar-refractivity contribution < 1.29 is 4.79 Å². The first-order chi connectivity index (χ1) is 6.08. The van der Waals surface area contributed by atoms with Crippen LogP contribution in [-0.2, 0) is 4.79 Å². The molecule has 0 bridgehead atoms. The summed E-state index contributed by atoms with van der Waals surface area (Å²) in [7, 11) is 3.78. The van der Waals surface area contributed by atoms with Crippen molar-refractivity contribution in [3.63, 3.8) is 0 Å². The van der Waals surface area contributed by atoms with Gasteiger partial charge in [-0.1, -0.05) is 0 Å². The zero-order valence-electron chi connectivity index (χ0n) is 8.42. The number of amides is 1. The molecular formula is C9H19N3O. The van der Waals surface area contributed by atoms with Crippen LogP contribution in [0, 0.1) is 0 Å². The maximum atomic E-state index is 11.3. The number of carbonyl (C=O) groups is 1. The monoisotopic (exact) mass is 185 g/mol. The Balaban J connectivity index is 2.21. The fourth-order valence-electron chi connectivity index (χ4n) is 1.71. The third kappa shape index (κ3) is 3.74. The number of nitrogens with zero attached hydrogens (tertiary/aromatic N) is 1. The van der Waals surface area contributed by atoms with Crippen LogP contribution in [0.25, 0.3) is 0 Å². The van der Waals surface area contributed by atoms with E-state index in [4.69, 9.17) is 5.73 Å². The molecule has 1 aliphatic carbocycles. The van der Waals surface area contributed by atoms with Crippen LogP contribution in [0.15, 0.2) is 0 Å². The lowest BCUT2D eigenvalue weighted by Gasteiger charge is -2.14. The average molecular weight is 185 g/mol.